The van der Waals surface area contributed by atoms with Gasteiger partial charge in [-0.05, 0) is 17.1 Å². The number of benzene rings is 1. The van der Waals surface area contributed by atoms with Gasteiger partial charge in [0, 0.05) is 29.1 Å². The first-order valence-electron chi connectivity index (χ1n) is 5.90. The number of aromatic nitrogens is 2. The van der Waals surface area contributed by atoms with Crippen molar-refractivity contribution in [1.29, 1.82) is 0 Å². The predicted octanol–water partition coefficient (Wildman–Crippen LogP) is -0.403. The molecule has 9 nitrogen and oxygen atoms in total. The van der Waals surface area contributed by atoms with Crippen molar-refractivity contribution in [3.05, 3.63) is 58.2 Å². The summed E-state index contributed by atoms with van der Waals surface area (Å²) in [5.41, 5.74) is 2.02. The van der Waals surface area contributed by atoms with E-state index in [0.29, 0.717) is 0 Å². The average Bonchev–Trinajstić information content (AvgIpc) is 2.89. The molecule has 0 aliphatic rings. The normalized spacial score (nSPS) is 11.7. The fraction of sp³-hybridized carbons (Fsp3) is 0. The Balaban J connectivity index is 0.000000338. The first kappa shape index (κ1) is 17.1. The molecule has 2 heterocycles. The molecule has 0 bridgehead atoms. The molecular formula is C12H11ClN3O6S+. The molecule has 3 rings (SSSR count). The monoisotopic (exact) mass is 360 g/mol. The maximum absolute atomic E-state index is 10.6. The zero-order chi connectivity index (χ0) is 17.0. The number of nitrogens with zero attached hydrogens (tertiary/aromatic N) is 3. The summed E-state index contributed by atoms with van der Waals surface area (Å²) in [7, 11) is -4.19. The van der Waals surface area contributed by atoms with Gasteiger partial charge in [0.15, 0.2) is 5.69 Å². The number of halogens is 1. The van der Waals surface area contributed by atoms with Gasteiger partial charge in [-0.3, -0.25) is 10.1 Å². The van der Waals surface area contributed by atoms with Gasteiger partial charge in [0.25, 0.3) is 5.69 Å². The Kier molecular flexibility index (Phi) is 5.15. The Morgan fingerprint density at radius 1 is 1.22 bits per heavy atom. The molecule has 0 radical (unpaired) electrons. The number of nitro benzene ring substituents is 1. The molecule has 0 unspecified atom stereocenters. The summed E-state index contributed by atoms with van der Waals surface area (Å²) >= 11 is 1.54. The molecule has 11 heteroatoms. The van der Waals surface area contributed by atoms with E-state index >= 15 is 0 Å². The predicted molar refractivity (Wildman–Crippen MR) is 74.0 cm³/mol. The number of hydrogen-bond donors (Lipinski definition) is 3. The Morgan fingerprint density at radius 3 is 2.39 bits per heavy atom. The van der Waals surface area contributed by atoms with E-state index < -0.39 is 15.2 Å². The van der Waals surface area contributed by atoms with Gasteiger partial charge >= 0.3 is 33.8 Å². The van der Waals surface area contributed by atoms with E-state index in [4.69, 9.17) is 18.6 Å². The van der Waals surface area contributed by atoms with Crippen molar-refractivity contribution in [2.75, 3.05) is 0 Å². The molecule has 2 aromatic heterocycles. The summed E-state index contributed by atoms with van der Waals surface area (Å²) in [6.07, 6.45) is 3.67. The molecule has 122 valence electrons. The van der Waals surface area contributed by atoms with Crippen molar-refractivity contribution in [2.24, 2.45) is 0 Å². The number of fused-ring (bicyclic) bond motifs is 1. The first-order chi connectivity index (χ1) is 10.8. The molecule has 0 saturated carbocycles. The van der Waals surface area contributed by atoms with Crippen LogP contribution in [0.5, 0.6) is 0 Å². The second-order valence-corrected chi connectivity index (χ2v) is 5.84. The zero-order valence-electron chi connectivity index (χ0n) is 11.3. The van der Waals surface area contributed by atoms with Crippen LogP contribution in [0.1, 0.15) is 0 Å². The number of non-ortho nitro benzene ring substituents is 1. The summed E-state index contributed by atoms with van der Waals surface area (Å²) in [6.45, 7) is 0. The summed E-state index contributed by atoms with van der Waals surface area (Å²) in [6, 6.07) is 8.37. The van der Waals surface area contributed by atoms with Crippen LogP contribution in [0.25, 0.3) is 16.2 Å². The van der Waals surface area contributed by atoms with Crippen LogP contribution in [0.15, 0.2) is 48.1 Å². The van der Waals surface area contributed by atoms with Crippen molar-refractivity contribution in [3.8, 4) is 11.3 Å². The summed E-state index contributed by atoms with van der Waals surface area (Å²) in [5.74, 6) is 0. The van der Waals surface area contributed by atoms with Gasteiger partial charge in [0.05, 0.1) is 4.92 Å². The van der Waals surface area contributed by atoms with E-state index in [-0.39, 0.29) is 5.69 Å². The van der Waals surface area contributed by atoms with Crippen LogP contribution in [-0.2, 0) is 0 Å². The Labute approximate surface area is 135 Å². The van der Waals surface area contributed by atoms with Crippen LogP contribution < -0.4 is 9.06 Å². The van der Waals surface area contributed by atoms with Crippen LogP contribution >= 0.6 is 11.3 Å². The standard InChI is InChI=1S/C12H8N3O2S.ClH3O4/c16-15(17)10-4-2-9(3-5-10)11-8-18-12-13-6-1-7-14(11)12;2-1(3,4)5/h1-8H;2-4H/q+1;. The minimum atomic E-state index is -4.19. The van der Waals surface area contributed by atoms with Gasteiger partial charge in [-0.2, -0.15) is 4.40 Å². The molecule has 23 heavy (non-hydrogen) atoms. The van der Waals surface area contributed by atoms with Crippen molar-refractivity contribution < 1.29 is 38.2 Å². The van der Waals surface area contributed by atoms with Gasteiger partial charge in [0.2, 0.25) is 0 Å². The Bertz CT molecular complexity index is 812. The summed E-state index contributed by atoms with van der Waals surface area (Å²) < 4.78 is 32.2. The molecule has 0 aliphatic heterocycles. The minimum absolute atomic E-state index is 0.0985. The quantitative estimate of drug-likeness (QED) is 0.320. The van der Waals surface area contributed by atoms with Gasteiger partial charge < -0.3 is 0 Å². The van der Waals surface area contributed by atoms with Crippen molar-refractivity contribution in [2.45, 2.75) is 0 Å². The van der Waals surface area contributed by atoms with Crippen LogP contribution in [0.2, 0.25) is 0 Å². The van der Waals surface area contributed by atoms with E-state index in [1.54, 1.807) is 18.3 Å². The third-order valence-electron chi connectivity index (χ3n) is 2.62. The van der Waals surface area contributed by atoms with Crippen LogP contribution in [0.4, 0.5) is 5.69 Å². The van der Waals surface area contributed by atoms with E-state index in [1.807, 2.05) is 22.0 Å². The first-order valence-corrected chi connectivity index (χ1v) is 8.11. The second-order valence-electron chi connectivity index (χ2n) is 4.13. The van der Waals surface area contributed by atoms with Gasteiger partial charge in [-0.15, -0.1) is 0 Å². The molecule has 0 fully saturated rings. The van der Waals surface area contributed by atoms with Crippen molar-refractivity contribution >= 4 is 22.0 Å². The number of nitro groups is 1. The van der Waals surface area contributed by atoms with E-state index in [0.717, 1.165) is 16.2 Å². The van der Waals surface area contributed by atoms with Crippen LogP contribution in [0.3, 0.4) is 0 Å². The van der Waals surface area contributed by atoms with E-state index in [9.17, 15) is 10.1 Å². The van der Waals surface area contributed by atoms with Gasteiger partial charge in [-0.1, -0.05) is 11.3 Å². The maximum atomic E-state index is 10.6. The average molecular weight is 361 g/mol. The van der Waals surface area contributed by atoms with E-state index in [2.05, 4.69) is 4.98 Å². The summed E-state index contributed by atoms with van der Waals surface area (Å²) in [4.78, 5) is 15.3. The molecule has 1 aromatic carbocycles. The molecule has 3 aromatic rings. The number of thiazole rings is 1. The molecule has 0 aliphatic carbocycles. The third kappa shape index (κ3) is 4.89. The van der Waals surface area contributed by atoms with Crippen molar-refractivity contribution in [3.63, 3.8) is 0 Å². The van der Waals surface area contributed by atoms with E-state index in [1.165, 1.54) is 23.5 Å². The number of rotatable bonds is 2. The molecule has 3 N–H and O–H groups in total. The molecule has 0 spiro atoms. The van der Waals surface area contributed by atoms with Crippen LogP contribution in [0, 0.1) is 20.4 Å². The fourth-order valence-corrected chi connectivity index (χ4v) is 2.62. The molecule has 0 saturated heterocycles. The molecule has 0 amide bonds. The van der Waals surface area contributed by atoms with Crippen LogP contribution in [-0.4, -0.2) is 23.9 Å². The van der Waals surface area contributed by atoms with Gasteiger partial charge in [0.1, 0.15) is 12.4 Å². The van der Waals surface area contributed by atoms with Crippen molar-refractivity contribution in [1.82, 2.24) is 4.98 Å². The topological polar surface area (TPSA) is 144 Å². The third-order valence-corrected chi connectivity index (χ3v) is 3.48. The SMILES string of the molecule is O=[N+]([O-])c1ccc(-c2csc3nccc[n+]23)cc1.[O-][Cl+](O)(O)O. The second kappa shape index (κ2) is 6.91. The zero-order valence-corrected chi connectivity index (χ0v) is 12.9. The molecular weight excluding hydrogens is 350 g/mol. The molecule has 0 atom stereocenters. The number of hydrogen-bond acceptors (Lipinski definition) is 8. The summed E-state index contributed by atoms with van der Waals surface area (Å²) in [5, 5.41) is 12.6. The fourth-order valence-electron chi connectivity index (χ4n) is 1.75. The van der Waals surface area contributed by atoms with Gasteiger partial charge in [-0.25, -0.2) is 0 Å². The Morgan fingerprint density at radius 2 is 1.83 bits per heavy atom. The Hall–Kier alpha value is -2.21.